The lowest BCUT2D eigenvalue weighted by Gasteiger charge is -2.40. The molecule has 0 saturated carbocycles. The molecule has 2 aliphatic rings. The van der Waals surface area contributed by atoms with E-state index >= 15 is 0 Å². The highest BCUT2D eigenvalue weighted by molar-refractivity contribution is 9.09. The summed E-state index contributed by atoms with van der Waals surface area (Å²) in [6.45, 7) is 2.55. The Morgan fingerprint density at radius 1 is 1.60 bits per heavy atom. The number of hydrogen-bond donors (Lipinski definition) is 0. The predicted octanol–water partition coefficient (Wildman–Crippen LogP) is 1.08. The van der Waals surface area contributed by atoms with Crippen LogP contribution in [-0.2, 0) is 14.3 Å². The molecular formula is C10H14BrNO3. The fourth-order valence-electron chi connectivity index (χ4n) is 2.22. The molecule has 2 heterocycles. The number of alkyl halides is 1. The lowest BCUT2D eigenvalue weighted by molar-refractivity contribution is -0.188. The van der Waals surface area contributed by atoms with Crippen molar-refractivity contribution in [3.8, 4) is 0 Å². The smallest absolute Gasteiger partial charge is 0.329 e. The number of fused-ring (bicyclic) bond motifs is 1. The maximum absolute atomic E-state index is 12.2. The minimum Gasteiger partial charge on any atom is -0.446 e. The van der Waals surface area contributed by atoms with Crippen molar-refractivity contribution in [2.75, 3.05) is 11.9 Å². The zero-order valence-corrected chi connectivity index (χ0v) is 10.2. The summed E-state index contributed by atoms with van der Waals surface area (Å²) in [5.74, 6) is -0.280. The molecule has 0 aromatic heterocycles. The molecule has 2 fully saturated rings. The molecule has 0 unspecified atom stereocenters. The van der Waals surface area contributed by atoms with E-state index in [2.05, 4.69) is 15.9 Å². The number of morpholine rings is 1. The van der Waals surface area contributed by atoms with Gasteiger partial charge in [0.1, 0.15) is 6.04 Å². The van der Waals surface area contributed by atoms with Crippen molar-refractivity contribution < 1.29 is 14.3 Å². The number of halogens is 1. The SMILES string of the molecule is CC[C@]1(CBr)OC(=O)[C@@H]2CCCN2C1=O. The van der Waals surface area contributed by atoms with Crippen molar-refractivity contribution in [3.05, 3.63) is 0 Å². The van der Waals surface area contributed by atoms with Gasteiger partial charge >= 0.3 is 5.97 Å². The molecule has 15 heavy (non-hydrogen) atoms. The van der Waals surface area contributed by atoms with Crippen molar-refractivity contribution in [1.29, 1.82) is 0 Å². The Hall–Kier alpha value is -0.580. The average molecular weight is 276 g/mol. The number of amides is 1. The van der Waals surface area contributed by atoms with Gasteiger partial charge in [-0.15, -0.1) is 0 Å². The number of cyclic esters (lactones) is 1. The van der Waals surface area contributed by atoms with Gasteiger partial charge in [0.2, 0.25) is 0 Å². The van der Waals surface area contributed by atoms with Gasteiger partial charge in [-0.1, -0.05) is 22.9 Å². The molecule has 0 bridgehead atoms. The monoisotopic (exact) mass is 275 g/mol. The maximum atomic E-state index is 12.2. The minimum absolute atomic E-state index is 0.0380. The lowest BCUT2D eigenvalue weighted by atomic mass is 9.98. The first-order chi connectivity index (χ1) is 7.14. The number of hydrogen-bond acceptors (Lipinski definition) is 3. The Morgan fingerprint density at radius 3 is 2.93 bits per heavy atom. The predicted molar refractivity (Wildman–Crippen MR) is 57.6 cm³/mol. The van der Waals surface area contributed by atoms with E-state index in [1.807, 2.05) is 6.92 Å². The summed E-state index contributed by atoms with van der Waals surface area (Å²) in [5, 5.41) is 0.379. The third kappa shape index (κ3) is 1.48. The van der Waals surface area contributed by atoms with E-state index in [1.54, 1.807) is 4.90 Å². The van der Waals surface area contributed by atoms with Gasteiger partial charge in [0, 0.05) is 6.54 Å². The summed E-state index contributed by atoms with van der Waals surface area (Å²) in [5.41, 5.74) is -0.960. The van der Waals surface area contributed by atoms with Crippen LogP contribution in [0.1, 0.15) is 26.2 Å². The highest BCUT2D eigenvalue weighted by Crippen LogP contribution is 2.33. The third-order valence-electron chi connectivity index (χ3n) is 3.26. The third-order valence-corrected chi connectivity index (χ3v) is 4.16. The first-order valence-corrected chi connectivity index (χ1v) is 6.36. The molecule has 4 nitrogen and oxygen atoms in total. The van der Waals surface area contributed by atoms with Crippen LogP contribution < -0.4 is 0 Å². The second-order valence-electron chi connectivity index (χ2n) is 4.06. The Morgan fingerprint density at radius 2 is 2.33 bits per heavy atom. The first kappa shape index (κ1) is 10.9. The zero-order valence-electron chi connectivity index (χ0n) is 8.66. The van der Waals surface area contributed by atoms with Gasteiger partial charge in [0.15, 0.2) is 5.60 Å². The Balaban J connectivity index is 2.31. The zero-order chi connectivity index (χ0) is 11.1. The van der Waals surface area contributed by atoms with Crippen LogP contribution in [0.5, 0.6) is 0 Å². The summed E-state index contributed by atoms with van der Waals surface area (Å²) in [6, 6.07) is -0.323. The van der Waals surface area contributed by atoms with Crippen LogP contribution in [0.4, 0.5) is 0 Å². The van der Waals surface area contributed by atoms with E-state index in [1.165, 1.54) is 0 Å². The maximum Gasteiger partial charge on any atom is 0.329 e. The molecule has 0 N–H and O–H groups in total. The Labute approximate surface area is 97.1 Å². The van der Waals surface area contributed by atoms with E-state index < -0.39 is 5.60 Å². The van der Waals surface area contributed by atoms with E-state index in [4.69, 9.17) is 4.74 Å². The first-order valence-electron chi connectivity index (χ1n) is 5.24. The number of ether oxygens (including phenoxy) is 1. The highest BCUT2D eigenvalue weighted by Gasteiger charge is 2.52. The van der Waals surface area contributed by atoms with Gasteiger partial charge < -0.3 is 9.64 Å². The topological polar surface area (TPSA) is 46.6 Å². The Kier molecular flexibility index (Phi) is 2.75. The molecule has 2 atom stereocenters. The van der Waals surface area contributed by atoms with Crippen LogP contribution in [0.3, 0.4) is 0 Å². The van der Waals surface area contributed by atoms with Gasteiger partial charge in [-0.05, 0) is 19.3 Å². The molecule has 84 valence electrons. The van der Waals surface area contributed by atoms with E-state index in [9.17, 15) is 9.59 Å². The summed E-state index contributed by atoms with van der Waals surface area (Å²) in [4.78, 5) is 25.6. The summed E-state index contributed by atoms with van der Waals surface area (Å²) in [6.07, 6.45) is 2.16. The molecular weight excluding hydrogens is 262 g/mol. The second kappa shape index (κ2) is 3.77. The van der Waals surface area contributed by atoms with E-state index in [0.717, 1.165) is 12.8 Å². The van der Waals surface area contributed by atoms with Crippen molar-refractivity contribution in [3.63, 3.8) is 0 Å². The molecule has 2 rings (SSSR count). The molecule has 0 aliphatic carbocycles. The quantitative estimate of drug-likeness (QED) is 0.560. The summed E-state index contributed by atoms with van der Waals surface area (Å²) in [7, 11) is 0. The molecule has 1 amide bonds. The lowest BCUT2D eigenvalue weighted by Crippen LogP contribution is -2.61. The normalized spacial score (nSPS) is 35.3. The minimum atomic E-state index is -0.960. The van der Waals surface area contributed by atoms with Gasteiger partial charge in [0.05, 0.1) is 5.33 Å². The van der Waals surface area contributed by atoms with Gasteiger partial charge in [0.25, 0.3) is 5.91 Å². The van der Waals surface area contributed by atoms with Gasteiger partial charge in [-0.25, -0.2) is 4.79 Å². The number of carbonyl (C=O) groups is 2. The molecule has 0 spiro atoms. The van der Waals surface area contributed by atoms with Gasteiger partial charge in [-0.2, -0.15) is 0 Å². The number of esters is 1. The largest absolute Gasteiger partial charge is 0.446 e. The van der Waals surface area contributed by atoms with Crippen LogP contribution >= 0.6 is 15.9 Å². The van der Waals surface area contributed by atoms with Crippen molar-refractivity contribution in [2.24, 2.45) is 0 Å². The van der Waals surface area contributed by atoms with Crippen LogP contribution in [-0.4, -0.2) is 40.3 Å². The Bertz CT molecular complexity index is 301. The van der Waals surface area contributed by atoms with Crippen molar-refractivity contribution in [1.82, 2.24) is 4.90 Å². The molecule has 5 heteroatoms. The van der Waals surface area contributed by atoms with Crippen LogP contribution in [0.2, 0.25) is 0 Å². The number of rotatable bonds is 2. The number of nitrogens with zero attached hydrogens (tertiary/aromatic N) is 1. The van der Waals surface area contributed by atoms with Crippen molar-refractivity contribution in [2.45, 2.75) is 37.8 Å². The molecule has 2 saturated heterocycles. The summed E-state index contributed by atoms with van der Waals surface area (Å²) < 4.78 is 5.32. The fraction of sp³-hybridized carbons (Fsp3) is 0.800. The van der Waals surface area contributed by atoms with Crippen LogP contribution in [0.15, 0.2) is 0 Å². The van der Waals surface area contributed by atoms with Crippen molar-refractivity contribution >= 4 is 27.8 Å². The van der Waals surface area contributed by atoms with Crippen LogP contribution in [0, 0.1) is 0 Å². The second-order valence-corrected chi connectivity index (χ2v) is 4.62. The molecule has 0 aromatic carbocycles. The molecule has 2 aliphatic heterocycles. The molecule has 0 aromatic rings. The fourth-order valence-corrected chi connectivity index (χ4v) is 2.97. The average Bonchev–Trinajstić information content (AvgIpc) is 2.73. The number of carbonyl (C=O) groups excluding carboxylic acids is 2. The summed E-state index contributed by atoms with van der Waals surface area (Å²) >= 11 is 3.27. The highest BCUT2D eigenvalue weighted by atomic mass is 79.9. The van der Waals surface area contributed by atoms with Gasteiger partial charge in [-0.3, -0.25) is 4.79 Å². The van der Waals surface area contributed by atoms with Crippen LogP contribution in [0.25, 0.3) is 0 Å². The van der Waals surface area contributed by atoms with E-state index in [0.29, 0.717) is 18.3 Å². The molecule has 0 radical (unpaired) electrons. The standard InChI is InChI=1S/C10H14BrNO3/c1-2-10(6-11)9(14)12-5-3-4-7(12)8(13)15-10/h7H,2-6H2,1H3/t7-,10+/m0/s1. The van der Waals surface area contributed by atoms with E-state index in [-0.39, 0.29) is 17.9 Å².